The molecule has 2 nitrogen and oxygen atoms in total. The highest BCUT2D eigenvalue weighted by Crippen LogP contribution is 2.07. The van der Waals surface area contributed by atoms with Gasteiger partial charge in [0.1, 0.15) is 12.4 Å². The highest BCUT2D eigenvalue weighted by molar-refractivity contribution is 5.20. The molecule has 0 radical (unpaired) electrons. The molecule has 1 aromatic carbocycles. The van der Waals surface area contributed by atoms with E-state index in [0.717, 1.165) is 5.75 Å². The number of hydrogen-bond donors (Lipinski definition) is 0. The van der Waals surface area contributed by atoms with Gasteiger partial charge in [-0.25, -0.2) is 0 Å². The molecule has 1 aromatic rings. The van der Waals surface area contributed by atoms with Gasteiger partial charge in [-0.15, -0.1) is 13.2 Å². The third kappa shape index (κ3) is 24.2. The predicted octanol–water partition coefficient (Wildman–Crippen LogP) is 6.13. The van der Waals surface area contributed by atoms with Gasteiger partial charge in [0.15, 0.2) is 0 Å². The monoisotopic (exact) mass is 296 g/mol. The molecular formula is C19H36O2. The van der Waals surface area contributed by atoms with Crippen LogP contribution in [0, 0.1) is 0 Å². The zero-order valence-corrected chi connectivity index (χ0v) is 14.9. The number of hydrogen-bond acceptors (Lipinski definition) is 2. The molecular weight excluding hydrogens is 260 g/mol. The third-order valence-electron chi connectivity index (χ3n) is 2.26. The number of rotatable bonds is 7. The van der Waals surface area contributed by atoms with Crippen molar-refractivity contribution >= 4 is 0 Å². The van der Waals surface area contributed by atoms with E-state index in [4.69, 9.17) is 9.47 Å². The van der Waals surface area contributed by atoms with Gasteiger partial charge in [0.05, 0.1) is 6.61 Å². The summed E-state index contributed by atoms with van der Waals surface area (Å²) in [5.74, 6) is 0.893. The van der Waals surface area contributed by atoms with Crippen molar-refractivity contribution in [2.24, 2.45) is 0 Å². The Labute approximate surface area is 133 Å². The van der Waals surface area contributed by atoms with Crippen LogP contribution in [0.25, 0.3) is 0 Å². The van der Waals surface area contributed by atoms with Crippen LogP contribution in [0.5, 0.6) is 5.75 Å². The SMILES string of the molecule is C=C.CC.CCCCCC.COCCOc1ccccc1. The van der Waals surface area contributed by atoms with E-state index >= 15 is 0 Å². The predicted molar refractivity (Wildman–Crippen MR) is 96.2 cm³/mol. The highest BCUT2D eigenvalue weighted by atomic mass is 16.5. The Morgan fingerprint density at radius 2 is 1.33 bits per heavy atom. The van der Waals surface area contributed by atoms with E-state index in [2.05, 4.69) is 27.0 Å². The van der Waals surface area contributed by atoms with Crippen LogP contribution in [0.2, 0.25) is 0 Å². The summed E-state index contributed by atoms with van der Waals surface area (Å²) in [6.07, 6.45) is 5.54. The Morgan fingerprint density at radius 3 is 1.71 bits per heavy atom. The highest BCUT2D eigenvalue weighted by Gasteiger charge is 1.88. The van der Waals surface area contributed by atoms with E-state index in [1.54, 1.807) is 7.11 Å². The van der Waals surface area contributed by atoms with Crippen molar-refractivity contribution in [3.63, 3.8) is 0 Å². The maximum Gasteiger partial charge on any atom is 0.119 e. The summed E-state index contributed by atoms with van der Waals surface area (Å²) >= 11 is 0. The Morgan fingerprint density at radius 1 is 0.857 bits per heavy atom. The Hall–Kier alpha value is -1.28. The molecule has 0 spiro atoms. The summed E-state index contributed by atoms with van der Waals surface area (Å²) in [6.45, 7) is 15.7. The molecule has 1 rings (SSSR count). The van der Waals surface area contributed by atoms with Crippen molar-refractivity contribution in [2.45, 2.75) is 53.4 Å². The fourth-order valence-corrected chi connectivity index (χ4v) is 1.26. The van der Waals surface area contributed by atoms with Crippen molar-refractivity contribution in [3.8, 4) is 5.75 Å². The zero-order valence-electron chi connectivity index (χ0n) is 14.9. The van der Waals surface area contributed by atoms with Gasteiger partial charge in [0.25, 0.3) is 0 Å². The van der Waals surface area contributed by atoms with Gasteiger partial charge in [0.2, 0.25) is 0 Å². The topological polar surface area (TPSA) is 18.5 Å². The molecule has 2 heteroatoms. The molecule has 0 heterocycles. The van der Waals surface area contributed by atoms with Gasteiger partial charge in [-0.05, 0) is 12.1 Å². The first-order valence-corrected chi connectivity index (χ1v) is 8.01. The van der Waals surface area contributed by atoms with E-state index in [1.165, 1.54) is 25.7 Å². The summed E-state index contributed by atoms with van der Waals surface area (Å²) in [5, 5.41) is 0. The molecule has 0 unspecified atom stereocenters. The van der Waals surface area contributed by atoms with Crippen LogP contribution >= 0.6 is 0 Å². The number of para-hydroxylation sites is 1. The largest absolute Gasteiger partial charge is 0.491 e. The number of methoxy groups -OCH3 is 1. The van der Waals surface area contributed by atoms with Crippen LogP contribution in [0.1, 0.15) is 53.4 Å². The number of ether oxygens (including phenoxy) is 2. The minimum atomic E-state index is 0.612. The quantitative estimate of drug-likeness (QED) is 0.445. The van der Waals surface area contributed by atoms with E-state index in [0.29, 0.717) is 13.2 Å². The molecule has 0 saturated heterocycles. The van der Waals surface area contributed by atoms with Gasteiger partial charge < -0.3 is 9.47 Å². The van der Waals surface area contributed by atoms with Gasteiger partial charge in [-0.2, -0.15) is 0 Å². The summed E-state index contributed by atoms with van der Waals surface area (Å²) < 4.78 is 10.2. The average Bonchev–Trinajstić information content (AvgIpc) is 2.58. The van der Waals surface area contributed by atoms with Crippen LogP contribution in [0.4, 0.5) is 0 Å². The van der Waals surface area contributed by atoms with Crippen LogP contribution in [0.3, 0.4) is 0 Å². The molecule has 0 aromatic heterocycles. The minimum absolute atomic E-state index is 0.612. The van der Waals surface area contributed by atoms with Crippen LogP contribution in [0.15, 0.2) is 43.5 Å². The molecule has 0 fully saturated rings. The summed E-state index contributed by atoms with van der Waals surface area (Å²) in [6, 6.07) is 9.71. The van der Waals surface area contributed by atoms with Gasteiger partial charge in [-0.3, -0.25) is 0 Å². The van der Waals surface area contributed by atoms with Gasteiger partial charge in [0, 0.05) is 7.11 Å². The van der Waals surface area contributed by atoms with E-state index < -0.39 is 0 Å². The first kappa shape index (κ1) is 24.7. The van der Waals surface area contributed by atoms with E-state index in [1.807, 2.05) is 44.2 Å². The fourth-order valence-electron chi connectivity index (χ4n) is 1.26. The second-order valence-corrected chi connectivity index (χ2v) is 3.86. The Kier molecular flexibility index (Phi) is 31.9. The van der Waals surface area contributed by atoms with Crippen molar-refractivity contribution in [2.75, 3.05) is 20.3 Å². The summed E-state index contributed by atoms with van der Waals surface area (Å²) in [5.41, 5.74) is 0. The Balaban J connectivity index is -0.000000277. The third-order valence-corrected chi connectivity index (χ3v) is 2.26. The van der Waals surface area contributed by atoms with E-state index in [-0.39, 0.29) is 0 Å². The molecule has 0 atom stereocenters. The lowest BCUT2D eigenvalue weighted by Crippen LogP contribution is -2.03. The second-order valence-electron chi connectivity index (χ2n) is 3.86. The second kappa shape index (κ2) is 27.1. The molecule has 0 bridgehead atoms. The molecule has 124 valence electrons. The summed E-state index contributed by atoms with van der Waals surface area (Å²) in [7, 11) is 1.66. The van der Waals surface area contributed by atoms with Gasteiger partial charge >= 0.3 is 0 Å². The van der Waals surface area contributed by atoms with Crippen LogP contribution in [-0.4, -0.2) is 20.3 Å². The lowest BCUT2D eigenvalue weighted by atomic mass is 10.2. The van der Waals surface area contributed by atoms with Crippen LogP contribution < -0.4 is 4.74 Å². The first-order chi connectivity index (χ1) is 10.3. The Bertz CT molecular complexity index is 243. The van der Waals surface area contributed by atoms with Gasteiger partial charge in [-0.1, -0.05) is 71.6 Å². The molecule has 0 aliphatic heterocycles. The maximum absolute atomic E-state index is 5.32. The lowest BCUT2D eigenvalue weighted by Gasteiger charge is -2.03. The number of unbranched alkanes of at least 4 members (excludes halogenated alkanes) is 3. The zero-order chi connectivity index (χ0) is 16.8. The standard InChI is InChI=1S/C9H12O2.C6H14.C2H6.C2H4/c1-10-7-8-11-9-5-3-2-4-6-9;1-3-5-6-4-2;2*1-2/h2-6H,7-8H2,1H3;3-6H2,1-2H3;1-2H3;1-2H2. The van der Waals surface area contributed by atoms with Crippen LogP contribution in [-0.2, 0) is 4.74 Å². The molecule has 0 amide bonds. The molecule has 0 N–H and O–H groups in total. The molecule has 0 aliphatic rings. The summed E-state index contributed by atoms with van der Waals surface area (Å²) in [4.78, 5) is 0. The molecule has 0 saturated carbocycles. The van der Waals surface area contributed by atoms with Crippen molar-refractivity contribution in [1.82, 2.24) is 0 Å². The van der Waals surface area contributed by atoms with Crippen molar-refractivity contribution < 1.29 is 9.47 Å². The average molecular weight is 296 g/mol. The van der Waals surface area contributed by atoms with E-state index in [9.17, 15) is 0 Å². The molecule has 21 heavy (non-hydrogen) atoms. The van der Waals surface area contributed by atoms with Crippen molar-refractivity contribution in [3.05, 3.63) is 43.5 Å². The normalized spacial score (nSPS) is 8.05. The maximum atomic E-state index is 5.32. The fraction of sp³-hybridized carbons (Fsp3) is 0.579. The lowest BCUT2D eigenvalue weighted by molar-refractivity contribution is 0.146. The smallest absolute Gasteiger partial charge is 0.119 e. The van der Waals surface area contributed by atoms with Crippen molar-refractivity contribution in [1.29, 1.82) is 0 Å². The number of benzene rings is 1. The minimum Gasteiger partial charge on any atom is -0.491 e. The molecule has 0 aliphatic carbocycles. The first-order valence-electron chi connectivity index (χ1n) is 8.01.